The lowest BCUT2D eigenvalue weighted by Gasteiger charge is -2.11. The number of nitrogens with zero attached hydrogens (tertiary/aromatic N) is 4. The second-order valence-corrected chi connectivity index (χ2v) is 6.62. The summed E-state index contributed by atoms with van der Waals surface area (Å²) in [4.78, 5) is 29.7. The van der Waals surface area contributed by atoms with E-state index in [1.807, 2.05) is 42.5 Å². The first kappa shape index (κ1) is 18.5. The molecule has 2 heterocycles. The summed E-state index contributed by atoms with van der Waals surface area (Å²) in [5.74, 6) is 1.32. The standard InChI is InChI=1S/C21H20N4O4/c1-23-18-17(19(26)24(2)21(23)27)25(13-14-9-11-15(28-3)12-10-14)20(22-18)29-16-7-5-4-6-8-16/h4-12H,13H2,1-3H3. The number of fused-ring (bicyclic) bond motifs is 1. The number of methoxy groups -OCH3 is 1. The second-order valence-electron chi connectivity index (χ2n) is 6.62. The number of ether oxygens (including phenoxy) is 2. The molecule has 0 saturated heterocycles. The zero-order valence-electron chi connectivity index (χ0n) is 16.3. The summed E-state index contributed by atoms with van der Waals surface area (Å²) in [7, 11) is 4.64. The van der Waals surface area contributed by atoms with Crippen LogP contribution in [0.25, 0.3) is 11.2 Å². The largest absolute Gasteiger partial charge is 0.497 e. The van der Waals surface area contributed by atoms with Crippen LogP contribution in [0.5, 0.6) is 17.5 Å². The Hall–Kier alpha value is -3.81. The van der Waals surface area contributed by atoms with Crippen molar-refractivity contribution in [1.82, 2.24) is 18.7 Å². The Morgan fingerprint density at radius 3 is 2.24 bits per heavy atom. The first-order valence-corrected chi connectivity index (χ1v) is 9.01. The molecule has 2 aromatic heterocycles. The van der Waals surface area contributed by atoms with Gasteiger partial charge < -0.3 is 9.47 Å². The van der Waals surface area contributed by atoms with Gasteiger partial charge in [-0.1, -0.05) is 30.3 Å². The monoisotopic (exact) mass is 392 g/mol. The van der Waals surface area contributed by atoms with Crippen molar-refractivity contribution in [1.29, 1.82) is 0 Å². The minimum atomic E-state index is -0.442. The van der Waals surface area contributed by atoms with Crippen molar-refractivity contribution in [3.63, 3.8) is 0 Å². The predicted octanol–water partition coefficient (Wildman–Crippen LogP) is 2.28. The first-order valence-electron chi connectivity index (χ1n) is 9.01. The van der Waals surface area contributed by atoms with Gasteiger partial charge in [-0.15, -0.1) is 0 Å². The molecule has 0 aliphatic rings. The van der Waals surface area contributed by atoms with Crippen molar-refractivity contribution in [2.75, 3.05) is 7.11 Å². The third kappa shape index (κ3) is 3.29. The summed E-state index contributed by atoms with van der Waals surface area (Å²) in [6.07, 6.45) is 0. The van der Waals surface area contributed by atoms with E-state index in [4.69, 9.17) is 9.47 Å². The van der Waals surface area contributed by atoms with Gasteiger partial charge in [-0.05, 0) is 29.8 Å². The number of para-hydroxylation sites is 1. The minimum Gasteiger partial charge on any atom is -0.497 e. The van der Waals surface area contributed by atoms with Crippen molar-refractivity contribution in [3.8, 4) is 17.5 Å². The van der Waals surface area contributed by atoms with Crippen LogP contribution in [-0.2, 0) is 20.6 Å². The maximum absolute atomic E-state index is 12.9. The highest BCUT2D eigenvalue weighted by molar-refractivity contribution is 5.72. The molecule has 0 N–H and O–H groups in total. The van der Waals surface area contributed by atoms with Crippen molar-refractivity contribution >= 4 is 11.2 Å². The molecule has 8 heteroatoms. The normalized spacial score (nSPS) is 11.0. The van der Waals surface area contributed by atoms with E-state index in [0.717, 1.165) is 15.9 Å². The van der Waals surface area contributed by atoms with E-state index in [2.05, 4.69) is 4.98 Å². The molecule has 0 amide bonds. The number of hydrogen-bond donors (Lipinski definition) is 0. The summed E-state index contributed by atoms with van der Waals surface area (Å²) in [5.41, 5.74) is 0.641. The Labute approximate surface area is 166 Å². The van der Waals surface area contributed by atoms with Gasteiger partial charge in [-0.25, -0.2) is 4.79 Å². The van der Waals surface area contributed by atoms with Crippen molar-refractivity contribution in [2.24, 2.45) is 14.1 Å². The van der Waals surface area contributed by atoms with Gasteiger partial charge in [0.2, 0.25) is 0 Å². The molecule has 0 saturated carbocycles. The summed E-state index contributed by atoms with van der Waals surface area (Å²) >= 11 is 0. The Kier molecular flexibility index (Phi) is 4.67. The summed E-state index contributed by atoms with van der Waals surface area (Å²) in [5, 5.41) is 0. The van der Waals surface area contributed by atoms with Crippen LogP contribution in [0.15, 0.2) is 64.2 Å². The maximum Gasteiger partial charge on any atom is 0.332 e. The topological polar surface area (TPSA) is 80.3 Å². The number of aromatic nitrogens is 4. The van der Waals surface area contributed by atoms with E-state index < -0.39 is 11.2 Å². The molecule has 0 aliphatic carbocycles. The third-order valence-corrected chi connectivity index (χ3v) is 4.77. The maximum atomic E-state index is 12.9. The summed E-state index contributed by atoms with van der Waals surface area (Å²) in [6, 6.07) is 16.9. The van der Waals surface area contributed by atoms with Crippen molar-refractivity contribution in [3.05, 3.63) is 81.0 Å². The van der Waals surface area contributed by atoms with Gasteiger partial charge in [0.05, 0.1) is 13.7 Å². The molecule has 0 unspecified atom stereocenters. The lowest BCUT2D eigenvalue weighted by Crippen LogP contribution is -2.37. The van der Waals surface area contributed by atoms with E-state index in [-0.39, 0.29) is 11.7 Å². The predicted molar refractivity (Wildman–Crippen MR) is 109 cm³/mol. The molecule has 0 radical (unpaired) electrons. The Morgan fingerprint density at radius 2 is 1.59 bits per heavy atom. The average Bonchev–Trinajstić information content (AvgIpc) is 3.10. The van der Waals surface area contributed by atoms with E-state index in [1.165, 1.54) is 11.6 Å². The highest BCUT2D eigenvalue weighted by Gasteiger charge is 2.20. The fraction of sp³-hybridized carbons (Fsp3) is 0.190. The number of aryl methyl sites for hydroxylation is 1. The van der Waals surface area contributed by atoms with Gasteiger partial charge in [-0.2, -0.15) is 4.98 Å². The highest BCUT2D eigenvalue weighted by Crippen LogP contribution is 2.25. The Balaban J connectivity index is 1.91. The van der Waals surface area contributed by atoms with Crippen LogP contribution in [0, 0.1) is 0 Å². The quantitative estimate of drug-likeness (QED) is 0.521. The van der Waals surface area contributed by atoms with E-state index in [0.29, 0.717) is 17.8 Å². The third-order valence-electron chi connectivity index (χ3n) is 4.77. The van der Waals surface area contributed by atoms with Crippen molar-refractivity contribution < 1.29 is 9.47 Å². The molecule has 4 rings (SSSR count). The Morgan fingerprint density at radius 1 is 0.897 bits per heavy atom. The van der Waals surface area contributed by atoms with Gasteiger partial charge in [0.1, 0.15) is 11.5 Å². The fourth-order valence-corrected chi connectivity index (χ4v) is 3.16. The lowest BCUT2D eigenvalue weighted by atomic mass is 10.2. The summed E-state index contributed by atoms with van der Waals surface area (Å²) < 4.78 is 15.3. The molecular weight excluding hydrogens is 372 g/mol. The van der Waals surface area contributed by atoms with Crippen LogP contribution in [0.2, 0.25) is 0 Å². The molecule has 2 aromatic carbocycles. The van der Waals surface area contributed by atoms with E-state index in [1.54, 1.807) is 30.9 Å². The number of benzene rings is 2. The van der Waals surface area contributed by atoms with Crippen LogP contribution in [0.1, 0.15) is 5.56 Å². The molecule has 4 aromatic rings. The van der Waals surface area contributed by atoms with Crippen LogP contribution >= 0.6 is 0 Å². The SMILES string of the molecule is COc1ccc(Cn2c(Oc3ccccc3)nc3c2c(=O)n(C)c(=O)n3C)cc1. The number of imidazole rings is 1. The van der Waals surface area contributed by atoms with E-state index in [9.17, 15) is 9.59 Å². The first-order chi connectivity index (χ1) is 14.0. The molecular formula is C21H20N4O4. The van der Waals surface area contributed by atoms with Crippen LogP contribution < -0.4 is 20.7 Å². The molecule has 0 fully saturated rings. The highest BCUT2D eigenvalue weighted by atomic mass is 16.5. The second kappa shape index (κ2) is 7.31. The van der Waals surface area contributed by atoms with Crippen LogP contribution in [0.3, 0.4) is 0 Å². The van der Waals surface area contributed by atoms with Gasteiger partial charge in [0.25, 0.3) is 5.56 Å². The smallest absolute Gasteiger partial charge is 0.332 e. The minimum absolute atomic E-state index is 0.236. The van der Waals surface area contributed by atoms with Gasteiger partial charge in [0.15, 0.2) is 11.2 Å². The van der Waals surface area contributed by atoms with Gasteiger partial charge >= 0.3 is 11.7 Å². The number of hydrogen-bond acceptors (Lipinski definition) is 5. The van der Waals surface area contributed by atoms with E-state index >= 15 is 0 Å². The lowest BCUT2D eigenvalue weighted by molar-refractivity contribution is 0.414. The van der Waals surface area contributed by atoms with Gasteiger partial charge in [-0.3, -0.25) is 18.5 Å². The van der Waals surface area contributed by atoms with Gasteiger partial charge in [0, 0.05) is 14.1 Å². The molecule has 0 aliphatic heterocycles. The molecule has 29 heavy (non-hydrogen) atoms. The average molecular weight is 392 g/mol. The molecule has 0 spiro atoms. The molecule has 148 valence electrons. The molecule has 0 atom stereocenters. The molecule has 8 nitrogen and oxygen atoms in total. The van der Waals surface area contributed by atoms with Crippen LogP contribution in [0.4, 0.5) is 0 Å². The fourth-order valence-electron chi connectivity index (χ4n) is 3.16. The number of rotatable bonds is 5. The zero-order chi connectivity index (χ0) is 20.5. The van der Waals surface area contributed by atoms with Crippen LogP contribution in [-0.4, -0.2) is 25.8 Å². The zero-order valence-corrected chi connectivity index (χ0v) is 16.3. The van der Waals surface area contributed by atoms with Crippen molar-refractivity contribution in [2.45, 2.75) is 6.54 Å². The Bertz CT molecular complexity index is 1280. The molecule has 0 bridgehead atoms. The summed E-state index contributed by atoms with van der Waals surface area (Å²) in [6.45, 7) is 0.343.